The van der Waals surface area contributed by atoms with Crippen molar-refractivity contribution in [2.75, 3.05) is 26.7 Å². The molecule has 0 saturated carbocycles. The van der Waals surface area contributed by atoms with E-state index in [0.29, 0.717) is 32.5 Å². The van der Waals surface area contributed by atoms with Gasteiger partial charge in [-0.2, -0.15) is 4.31 Å². The summed E-state index contributed by atoms with van der Waals surface area (Å²) in [7, 11) is -2.55. The van der Waals surface area contributed by atoms with E-state index in [1.807, 2.05) is 6.92 Å². The van der Waals surface area contributed by atoms with Crippen LogP contribution in [0.3, 0.4) is 0 Å². The first-order valence-electron chi connectivity index (χ1n) is 7.97. The van der Waals surface area contributed by atoms with Crippen molar-refractivity contribution in [2.45, 2.75) is 36.8 Å². The van der Waals surface area contributed by atoms with Gasteiger partial charge in [0.1, 0.15) is 15.9 Å². The summed E-state index contributed by atoms with van der Waals surface area (Å²) < 4.78 is 36.9. The summed E-state index contributed by atoms with van der Waals surface area (Å²) in [5, 5.41) is 1.56. The molecular weight excluding hydrogens is 368 g/mol. The molecule has 8 nitrogen and oxygen atoms in total. The van der Waals surface area contributed by atoms with E-state index in [-0.39, 0.29) is 28.0 Å². The second kappa shape index (κ2) is 6.93. The molecule has 1 aromatic rings. The van der Waals surface area contributed by atoms with Gasteiger partial charge < -0.3 is 14.4 Å². The molecule has 2 fully saturated rings. The number of nitrogens with zero attached hydrogens (tertiary/aromatic N) is 2. The molecule has 138 valence electrons. The zero-order valence-electron chi connectivity index (χ0n) is 14.0. The highest BCUT2D eigenvalue weighted by Gasteiger charge is 2.39. The van der Waals surface area contributed by atoms with Gasteiger partial charge in [0.05, 0.1) is 13.7 Å². The number of methoxy groups -OCH3 is 1. The Balaban J connectivity index is 1.71. The molecule has 3 heterocycles. The number of rotatable bonds is 4. The highest BCUT2D eigenvalue weighted by Crippen LogP contribution is 2.29. The summed E-state index contributed by atoms with van der Waals surface area (Å²) in [5.74, 6) is -0.655. The Morgan fingerprint density at radius 1 is 1.36 bits per heavy atom. The standard InChI is InChI=1S/C15H20N2O6S2/c1-10-9-17(15(19)23-10)11-3-6-16(7-4-11)25(20,21)12-5-8-24-13(12)14(18)22-2/h5,8,10-11H,3-4,6-7,9H2,1-2H3. The predicted octanol–water partition coefficient (Wildman–Crippen LogP) is 1.53. The van der Waals surface area contributed by atoms with E-state index in [4.69, 9.17) is 4.74 Å². The Kier molecular flexibility index (Phi) is 5.03. The molecule has 2 aliphatic rings. The molecule has 1 amide bonds. The lowest BCUT2D eigenvalue weighted by Crippen LogP contribution is -2.47. The highest BCUT2D eigenvalue weighted by molar-refractivity contribution is 7.89. The molecule has 25 heavy (non-hydrogen) atoms. The van der Waals surface area contributed by atoms with Gasteiger partial charge in [-0.05, 0) is 31.2 Å². The molecule has 1 aromatic heterocycles. The third-order valence-electron chi connectivity index (χ3n) is 4.47. The molecule has 2 saturated heterocycles. The molecule has 0 bridgehead atoms. The number of carbonyl (C=O) groups excluding carboxylic acids is 2. The molecule has 1 unspecified atom stereocenters. The number of esters is 1. The van der Waals surface area contributed by atoms with Crippen LogP contribution < -0.4 is 0 Å². The Labute approximate surface area is 150 Å². The molecule has 2 aliphatic heterocycles. The number of sulfonamides is 1. The lowest BCUT2D eigenvalue weighted by Gasteiger charge is -2.34. The number of piperidine rings is 1. The number of thiophene rings is 1. The van der Waals surface area contributed by atoms with Crippen molar-refractivity contribution in [1.29, 1.82) is 0 Å². The summed E-state index contributed by atoms with van der Waals surface area (Å²) in [4.78, 5) is 25.3. The van der Waals surface area contributed by atoms with Crippen molar-refractivity contribution in [3.8, 4) is 0 Å². The highest BCUT2D eigenvalue weighted by atomic mass is 32.2. The van der Waals surface area contributed by atoms with Crippen LogP contribution in [0.25, 0.3) is 0 Å². The van der Waals surface area contributed by atoms with E-state index in [0.717, 1.165) is 11.3 Å². The fraction of sp³-hybridized carbons (Fsp3) is 0.600. The second-order valence-corrected chi connectivity index (χ2v) is 8.91. The van der Waals surface area contributed by atoms with E-state index in [2.05, 4.69) is 4.74 Å². The Morgan fingerprint density at radius 2 is 2.04 bits per heavy atom. The van der Waals surface area contributed by atoms with Crippen LogP contribution in [0.2, 0.25) is 0 Å². The molecule has 3 rings (SSSR count). The molecule has 10 heteroatoms. The average Bonchev–Trinajstić information content (AvgIpc) is 3.21. The number of hydrogen-bond acceptors (Lipinski definition) is 7. The van der Waals surface area contributed by atoms with Gasteiger partial charge in [-0.25, -0.2) is 18.0 Å². The van der Waals surface area contributed by atoms with Crippen molar-refractivity contribution in [1.82, 2.24) is 9.21 Å². The summed E-state index contributed by atoms with van der Waals surface area (Å²) in [6.45, 7) is 2.96. The van der Waals surface area contributed by atoms with Crippen LogP contribution in [0.4, 0.5) is 4.79 Å². The van der Waals surface area contributed by atoms with Crippen LogP contribution >= 0.6 is 11.3 Å². The largest absolute Gasteiger partial charge is 0.465 e. The van der Waals surface area contributed by atoms with Crippen molar-refractivity contribution in [3.05, 3.63) is 16.3 Å². The maximum absolute atomic E-state index is 12.9. The second-order valence-electron chi connectivity index (χ2n) is 6.09. The van der Waals surface area contributed by atoms with Crippen molar-refractivity contribution < 1.29 is 27.5 Å². The maximum Gasteiger partial charge on any atom is 0.410 e. The minimum atomic E-state index is -3.77. The molecule has 0 aliphatic carbocycles. The topological polar surface area (TPSA) is 93.2 Å². The summed E-state index contributed by atoms with van der Waals surface area (Å²) in [6, 6.07) is 1.41. The lowest BCUT2D eigenvalue weighted by molar-refractivity contribution is 0.0602. The number of amides is 1. The van der Waals surface area contributed by atoms with Crippen LogP contribution in [-0.2, 0) is 19.5 Å². The molecule has 1 atom stereocenters. The molecule has 0 N–H and O–H groups in total. The summed E-state index contributed by atoms with van der Waals surface area (Å²) >= 11 is 1.04. The van der Waals surface area contributed by atoms with Crippen LogP contribution in [0.15, 0.2) is 16.3 Å². The van der Waals surface area contributed by atoms with Gasteiger partial charge >= 0.3 is 12.1 Å². The van der Waals surface area contributed by atoms with Crippen molar-refractivity contribution >= 4 is 33.4 Å². The Hall–Kier alpha value is -1.65. The van der Waals surface area contributed by atoms with E-state index in [1.54, 1.807) is 10.3 Å². The first-order chi connectivity index (χ1) is 11.8. The summed E-state index contributed by atoms with van der Waals surface area (Å²) in [6.07, 6.45) is 0.611. The smallest absolute Gasteiger partial charge is 0.410 e. The third kappa shape index (κ3) is 3.38. The fourth-order valence-electron chi connectivity index (χ4n) is 3.20. The predicted molar refractivity (Wildman–Crippen MR) is 90.1 cm³/mol. The van der Waals surface area contributed by atoms with Gasteiger partial charge in [0.15, 0.2) is 0 Å². The monoisotopic (exact) mass is 388 g/mol. The van der Waals surface area contributed by atoms with Crippen LogP contribution in [0.5, 0.6) is 0 Å². The van der Waals surface area contributed by atoms with Gasteiger partial charge in [0.2, 0.25) is 10.0 Å². The molecule has 0 aromatic carbocycles. The van der Waals surface area contributed by atoms with Crippen LogP contribution in [0, 0.1) is 0 Å². The quantitative estimate of drug-likeness (QED) is 0.726. The zero-order chi connectivity index (χ0) is 18.2. The first kappa shape index (κ1) is 18.2. The van der Waals surface area contributed by atoms with Crippen molar-refractivity contribution in [2.24, 2.45) is 0 Å². The molecular formula is C15H20N2O6S2. The van der Waals surface area contributed by atoms with Crippen LogP contribution in [0.1, 0.15) is 29.4 Å². The van der Waals surface area contributed by atoms with Gasteiger partial charge in [-0.3, -0.25) is 0 Å². The summed E-state index contributed by atoms with van der Waals surface area (Å²) in [5.41, 5.74) is 0. The Bertz CT molecular complexity index is 767. The number of carbonyl (C=O) groups is 2. The Morgan fingerprint density at radius 3 is 2.60 bits per heavy atom. The fourth-order valence-corrected chi connectivity index (χ4v) is 5.98. The van der Waals surface area contributed by atoms with E-state index >= 15 is 0 Å². The van der Waals surface area contributed by atoms with Crippen molar-refractivity contribution in [3.63, 3.8) is 0 Å². The third-order valence-corrected chi connectivity index (χ3v) is 7.44. The number of hydrogen-bond donors (Lipinski definition) is 0. The van der Waals surface area contributed by atoms with Gasteiger partial charge in [0.25, 0.3) is 0 Å². The lowest BCUT2D eigenvalue weighted by atomic mass is 10.1. The normalized spacial score (nSPS) is 22.9. The van der Waals surface area contributed by atoms with Gasteiger partial charge in [0, 0.05) is 19.1 Å². The first-order valence-corrected chi connectivity index (χ1v) is 10.3. The molecule has 0 spiro atoms. The van der Waals surface area contributed by atoms with Gasteiger partial charge in [-0.15, -0.1) is 11.3 Å². The molecule has 0 radical (unpaired) electrons. The number of ether oxygens (including phenoxy) is 2. The minimum Gasteiger partial charge on any atom is -0.465 e. The maximum atomic E-state index is 12.9. The SMILES string of the molecule is COC(=O)c1sccc1S(=O)(=O)N1CCC(N2CC(C)OC2=O)CC1. The van der Waals surface area contributed by atoms with E-state index in [1.165, 1.54) is 17.5 Å². The van der Waals surface area contributed by atoms with Gasteiger partial charge in [-0.1, -0.05) is 0 Å². The number of cyclic esters (lactones) is 1. The van der Waals surface area contributed by atoms with E-state index in [9.17, 15) is 18.0 Å². The van der Waals surface area contributed by atoms with E-state index < -0.39 is 16.0 Å². The zero-order valence-corrected chi connectivity index (χ0v) is 15.6. The minimum absolute atomic E-state index is 0.0167. The average molecular weight is 388 g/mol. The van der Waals surface area contributed by atoms with Crippen LogP contribution in [-0.4, -0.2) is 68.6 Å².